The highest BCUT2D eigenvalue weighted by molar-refractivity contribution is 6.45. The summed E-state index contributed by atoms with van der Waals surface area (Å²) in [7, 11) is 1.89. The Labute approximate surface area is 150 Å². The highest BCUT2D eigenvalue weighted by atomic mass is 35.5. The molecule has 0 radical (unpaired) electrons. The Morgan fingerprint density at radius 3 is 2.62 bits per heavy atom. The smallest absolute Gasteiger partial charge is 0.410 e. The van der Waals surface area contributed by atoms with Gasteiger partial charge in [0, 0.05) is 42.7 Å². The van der Waals surface area contributed by atoms with Crippen LogP contribution in [0.1, 0.15) is 32.0 Å². The first-order valence-corrected chi connectivity index (χ1v) is 8.50. The third kappa shape index (κ3) is 2.80. The third-order valence-corrected chi connectivity index (χ3v) is 4.96. The number of fused-ring (bicyclic) bond motifs is 3. The van der Waals surface area contributed by atoms with E-state index in [0.29, 0.717) is 40.5 Å². The molecule has 1 aromatic heterocycles. The number of aryl methyl sites for hydroxylation is 1. The van der Waals surface area contributed by atoms with Gasteiger partial charge in [0.25, 0.3) is 0 Å². The Kier molecular flexibility index (Phi) is 4.12. The van der Waals surface area contributed by atoms with Crippen molar-refractivity contribution in [2.75, 3.05) is 6.54 Å². The first kappa shape index (κ1) is 17.2. The Balaban J connectivity index is 2.06. The van der Waals surface area contributed by atoms with E-state index < -0.39 is 5.60 Å². The van der Waals surface area contributed by atoms with E-state index in [0.717, 1.165) is 11.3 Å². The van der Waals surface area contributed by atoms with Gasteiger partial charge < -0.3 is 19.3 Å². The third-order valence-electron chi connectivity index (χ3n) is 4.18. The maximum atomic E-state index is 12.4. The van der Waals surface area contributed by atoms with Crippen molar-refractivity contribution in [1.29, 1.82) is 0 Å². The number of aromatic hydroxyl groups is 1. The van der Waals surface area contributed by atoms with Gasteiger partial charge in [-0.15, -0.1) is 0 Å². The molecule has 5 nitrogen and oxygen atoms in total. The molecule has 7 heteroatoms. The van der Waals surface area contributed by atoms with Gasteiger partial charge in [-0.25, -0.2) is 4.79 Å². The minimum atomic E-state index is -0.547. The number of nitrogens with zero attached hydrogens (tertiary/aromatic N) is 2. The maximum absolute atomic E-state index is 12.4. The number of phenolic OH excluding ortho intramolecular Hbond substituents is 1. The number of halogens is 2. The standard InChI is InChI=1S/C17H20Cl2N2O3/c1-17(2,3)24-16(23)21-6-5-11-9(8-21)13-12(22)7-10(18)14(19)15(13)20(11)4/h7,22H,5-6,8H2,1-4H3. The quantitative estimate of drug-likeness (QED) is 0.743. The summed E-state index contributed by atoms with van der Waals surface area (Å²) >= 11 is 12.4. The van der Waals surface area contributed by atoms with E-state index in [-0.39, 0.29) is 11.8 Å². The number of ether oxygens (including phenoxy) is 1. The zero-order chi connectivity index (χ0) is 17.8. The molecule has 0 saturated heterocycles. The summed E-state index contributed by atoms with van der Waals surface area (Å²) in [5, 5.41) is 11.7. The van der Waals surface area contributed by atoms with E-state index in [1.54, 1.807) is 4.90 Å². The number of rotatable bonds is 0. The predicted octanol–water partition coefficient (Wildman–Crippen LogP) is 4.48. The average molecular weight is 371 g/mol. The van der Waals surface area contributed by atoms with Crippen molar-refractivity contribution >= 4 is 40.2 Å². The number of hydrogen-bond donors (Lipinski definition) is 1. The van der Waals surface area contributed by atoms with E-state index >= 15 is 0 Å². The second-order valence-electron chi connectivity index (χ2n) is 7.05. The lowest BCUT2D eigenvalue weighted by Gasteiger charge is -2.30. The van der Waals surface area contributed by atoms with E-state index in [4.69, 9.17) is 27.9 Å². The summed E-state index contributed by atoms with van der Waals surface area (Å²) in [6.45, 7) is 6.44. The summed E-state index contributed by atoms with van der Waals surface area (Å²) in [6.07, 6.45) is 0.303. The minimum absolute atomic E-state index is 0.0716. The maximum Gasteiger partial charge on any atom is 0.410 e. The van der Waals surface area contributed by atoms with Crippen molar-refractivity contribution < 1.29 is 14.6 Å². The van der Waals surface area contributed by atoms with Crippen molar-refractivity contribution in [2.45, 2.75) is 39.3 Å². The van der Waals surface area contributed by atoms with Crippen molar-refractivity contribution in [1.82, 2.24) is 9.47 Å². The van der Waals surface area contributed by atoms with Gasteiger partial charge >= 0.3 is 6.09 Å². The number of aromatic nitrogens is 1. The Morgan fingerprint density at radius 2 is 2.00 bits per heavy atom. The van der Waals surface area contributed by atoms with Crippen LogP contribution in [0.5, 0.6) is 5.75 Å². The van der Waals surface area contributed by atoms with Gasteiger partial charge in [-0.05, 0) is 20.8 Å². The Bertz CT molecular complexity index is 837. The molecule has 0 fully saturated rings. The van der Waals surface area contributed by atoms with Gasteiger partial charge in [-0.3, -0.25) is 0 Å². The molecule has 2 aromatic rings. The molecule has 0 bridgehead atoms. The van der Waals surface area contributed by atoms with E-state index in [2.05, 4.69) is 0 Å². The zero-order valence-electron chi connectivity index (χ0n) is 14.1. The first-order valence-electron chi connectivity index (χ1n) is 7.75. The fraction of sp³-hybridized carbons (Fsp3) is 0.471. The van der Waals surface area contributed by atoms with E-state index in [9.17, 15) is 9.90 Å². The Hall–Kier alpha value is -1.59. The second-order valence-corrected chi connectivity index (χ2v) is 7.84. The lowest BCUT2D eigenvalue weighted by atomic mass is 10.0. The molecule has 0 atom stereocenters. The van der Waals surface area contributed by atoms with Crippen LogP contribution in [0.15, 0.2) is 6.07 Å². The molecule has 130 valence electrons. The monoisotopic (exact) mass is 370 g/mol. The van der Waals surface area contributed by atoms with Gasteiger partial charge in [0.2, 0.25) is 0 Å². The summed E-state index contributed by atoms with van der Waals surface area (Å²) in [6, 6.07) is 1.44. The van der Waals surface area contributed by atoms with Crippen LogP contribution in [0.2, 0.25) is 10.0 Å². The molecule has 1 N–H and O–H groups in total. The molecule has 0 aliphatic carbocycles. The van der Waals surface area contributed by atoms with Crippen LogP contribution in [-0.4, -0.2) is 32.8 Å². The minimum Gasteiger partial charge on any atom is -0.507 e. The van der Waals surface area contributed by atoms with Crippen LogP contribution < -0.4 is 0 Å². The average Bonchev–Trinajstić information content (AvgIpc) is 2.76. The molecular weight excluding hydrogens is 351 g/mol. The van der Waals surface area contributed by atoms with Gasteiger partial charge in [0.15, 0.2) is 0 Å². The van der Waals surface area contributed by atoms with Crippen molar-refractivity contribution in [2.24, 2.45) is 7.05 Å². The molecule has 2 heterocycles. The second kappa shape index (κ2) is 5.74. The van der Waals surface area contributed by atoms with Gasteiger partial charge in [0.05, 0.1) is 22.1 Å². The number of amides is 1. The van der Waals surface area contributed by atoms with Crippen molar-refractivity contribution in [3.8, 4) is 5.75 Å². The largest absolute Gasteiger partial charge is 0.507 e. The zero-order valence-corrected chi connectivity index (χ0v) is 15.6. The number of carbonyl (C=O) groups is 1. The van der Waals surface area contributed by atoms with Crippen LogP contribution in [0.4, 0.5) is 4.79 Å². The van der Waals surface area contributed by atoms with Gasteiger partial charge in [-0.2, -0.15) is 0 Å². The summed E-state index contributed by atoms with van der Waals surface area (Å²) in [4.78, 5) is 14.0. The topological polar surface area (TPSA) is 54.7 Å². The van der Waals surface area contributed by atoms with Crippen LogP contribution >= 0.6 is 23.2 Å². The predicted molar refractivity (Wildman–Crippen MR) is 95.0 cm³/mol. The number of phenols is 1. The number of hydrogen-bond acceptors (Lipinski definition) is 3. The van der Waals surface area contributed by atoms with E-state index in [1.165, 1.54) is 6.07 Å². The highest BCUT2D eigenvalue weighted by Crippen LogP contribution is 2.42. The van der Waals surface area contributed by atoms with Crippen LogP contribution in [0, 0.1) is 0 Å². The van der Waals surface area contributed by atoms with Crippen LogP contribution in [-0.2, 0) is 24.8 Å². The van der Waals surface area contributed by atoms with Gasteiger partial charge in [0.1, 0.15) is 11.4 Å². The molecule has 3 rings (SSSR count). The van der Waals surface area contributed by atoms with Crippen LogP contribution in [0.3, 0.4) is 0 Å². The molecule has 0 spiro atoms. The molecule has 0 unspecified atom stereocenters. The molecular formula is C17H20Cl2N2O3. The highest BCUT2D eigenvalue weighted by Gasteiger charge is 2.30. The SMILES string of the molecule is Cn1c2c(c3c(O)cc(Cl)c(Cl)c31)CN(C(=O)OC(C)(C)C)CC2. The molecule has 24 heavy (non-hydrogen) atoms. The van der Waals surface area contributed by atoms with Crippen LogP contribution in [0.25, 0.3) is 10.9 Å². The van der Waals surface area contributed by atoms with E-state index in [1.807, 2.05) is 32.4 Å². The normalized spacial score (nSPS) is 14.8. The molecule has 1 amide bonds. The molecule has 1 aliphatic rings. The fourth-order valence-corrected chi connectivity index (χ4v) is 3.64. The van der Waals surface area contributed by atoms with Crippen molar-refractivity contribution in [3.05, 3.63) is 27.4 Å². The number of benzene rings is 1. The van der Waals surface area contributed by atoms with Crippen molar-refractivity contribution in [3.63, 3.8) is 0 Å². The first-order chi connectivity index (χ1) is 11.1. The van der Waals surface area contributed by atoms with Gasteiger partial charge in [-0.1, -0.05) is 23.2 Å². The Morgan fingerprint density at radius 1 is 1.33 bits per heavy atom. The number of carbonyl (C=O) groups excluding carboxylic acids is 1. The summed E-state index contributed by atoms with van der Waals surface area (Å²) in [5.74, 6) is 0.0716. The lowest BCUT2D eigenvalue weighted by Crippen LogP contribution is -2.40. The summed E-state index contributed by atoms with van der Waals surface area (Å²) in [5.41, 5.74) is 2.08. The lowest BCUT2D eigenvalue weighted by molar-refractivity contribution is 0.0223. The summed E-state index contributed by atoms with van der Waals surface area (Å²) < 4.78 is 7.40. The molecule has 0 saturated carbocycles. The fourth-order valence-electron chi connectivity index (χ4n) is 3.18. The molecule has 1 aromatic carbocycles. The molecule has 1 aliphatic heterocycles.